The smallest absolute Gasteiger partial charge is 0.211 e. The van der Waals surface area contributed by atoms with Gasteiger partial charge in [0.05, 0.1) is 5.69 Å². The number of benzene rings is 1. The van der Waals surface area contributed by atoms with Crippen LogP contribution in [0.5, 0.6) is 0 Å². The predicted molar refractivity (Wildman–Crippen MR) is 62.6 cm³/mol. The lowest BCUT2D eigenvalue weighted by atomic mass is 10.1. The maximum atomic E-state index is 12.2. The molecule has 0 aliphatic rings. The van der Waals surface area contributed by atoms with E-state index in [1.54, 1.807) is 11.7 Å². The average Bonchev–Trinajstić information content (AvgIpc) is 2.57. The average molecular weight is 214 g/mol. The Bertz CT molecular complexity index is 541. The van der Waals surface area contributed by atoms with Crippen LogP contribution in [-0.4, -0.2) is 15.6 Å². The molecule has 0 N–H and O–H groups in total. The van der Waals surface area contributed by atoms with Crippen molar-refractivity contribution < 1.29 is 4.79 Å². The van der Waals surface area contributed by atoms with Gasteiger partial charge in [-0.2, -0.15) is 5.10 Å². The first-order valence-corrected chi connectivity index (χ1v) is 5.20. The summed E-state index contributed by atoms with van der Waals surface area (Å²) < 4.78 is 1.62. The van der Waals surface area contributed by atoms with E-state index in [2.05, 4.69) is 5.10 Å². The third-order valence-corrected chi connectivity index (χ3v) is 2.51. The van der Waals surface area contributed by atoms with Crippen LogP contribution in [0.25, 0.3) is 0 Å². The van der Waals surface area contributed by atoms with E-state index in [0.717, 1.165) is 11.3 Å². The largest absolute Gasteiger partial charge is 0.287 e. The highest BCUT2D eigenvalue weighted by Crippen LogP contribution is 2.11. The lowest BCUT2D eigenvalue weighted by Crippen LogP contribution is -2.08. The van der Waals surface area contributed by atoms with Gasteiger partial charge in [0.2, 0.25) is 5.78 Å². The molecule has 0 atom stereocenters. The molecular formula is C13H14N2O. The molecule has 1 aromatic heterocycles. The molecule has 3 heteroatoms. The van der Waals surface area contributed by atoms with Crippen LogP contribution in [-0.2, 0) is 7.05 Å². The number of carbonyl (C=O) groups excluding carboxylic acids is 1. The van der Waals surface area contributed by atoms with Gasteiger partial charge in [0.25, 0.3) is 0 Å². The molecule has 3 nitrogen and oxygen atoms in total. The molecule has 82 valence electrons. The number of rotatable bonds is 2. The van der Waals surface area contributed by atoms with E-state index in [0.29, 0.717) is 11.3 Å². The molecule has 0 aliphatic heterocycles. The fourth-order valence-electron chi connectivity index (χ4n) is 1.76. The first kappa shape index (κ1) is 10.6. The van der Waals surface area contributed by atoms with Crippen LogP contribution in [0.1, 0.15) is 27.3 Å². The molecule has 0 spiro atoms. The molecule has 1 aromatic carbocycles. The minimum atomic E-state index is 0.0202. The van der Waals surface area contributed by atoms with E-state index in [1.165, 1.54) is 0 Å². The molecule has 2 aromatic rings. The van der Waals surface area contributed by atoms with E-state index in [9.17, 15) is 4.79 Å². The second-order valence-corrected chi connectivity index (χ2v) is 3.99. The van der Waals surface area contributed by atoms with Gasteiger partial charge in [0, 0.05) is 12.6 Å². The Labute approximate surface area is 94.7 Å². The molecule has 0 unspecified atom stereocenters. The quantitative estimate of drug-likeness (QED) is 0.719. The number of aromatic nitrogens is 2. The standard InChI is InChI=1S/C13H14N2O/c1-9-5-4-6-11(7-9)13(16)12-8-10(2)14-15(12)3/h4-8H,1-3H3. The van der Waals surface area contributed by atoms with E-state index in [1.807, 2.05) is 44.2 Å². The van der Waals surface area contributed by atoms with Crippen LogP contribution >= 0.6 is 0 Å². The van der Waals surface area contributed by atoms with Gasteiger partial charge in [-0.15, -0.1) is 0 Å². The van der Waals surface area contributed by atoms with Crippen LogP contribution in [0, 0.1) is 13.8 Å². The Morgan fingerprint density at radius 3 is 2.56 bits per heavy atom. The van der Waals surface area contributed by atoms with Crippen LogP contribution in [0.15, 0.2) is 30.3 Å². The fraction of sp³-hybridized carbons (Fsp3) is 0.231. The summed E-state index contributed by atoms with van der Waals surface area (Å²) in [6, 6.07) is 9.41. The number of nitrogens with zero attached hydrogens (tertiary/aromatic N) is 2. The summed E-state index contributed by atoms with van der Waals surface area (Å²) in [4.78, 5) is 12.2. The molecule has 1 heterocycles. The molecule has 0 saturated carbocycles. The highest BCUT2D eigenvalue weighted by molar-refractivity contribution is 6.08. The van der Waals surface area contributed by atoms with Crippen molar-refractivity contribution in [2.75, 3.05) is 0 Å². The molecule has 0 saturated heterocycles. The maximum absolute atomic E-state index is 12.2. The van der Waals surface area contributed by atoms with Crippen molar-refractivity contribution in [3.63, 3.8) is 0 Å². The van der Waals surface area contributed by atoms with Crippen molar-refractivity contribution >= 4 is 5.78 Å². The van der Waals surface area contributed by atoms with Gasteiger partial charge in [-0.1, -0.05) is 23.8 Å². The molecule has 0 fully saturated rings. The zero-order valence-corrected chi connectivity index (χ0v) is 9.69. The minimum Gasteiger partial charge on any atom is -0.287 e. The SMILES string of the molecule is Cc1cccc(C(=O)c2cc(C)nn2C)c1. The third kappa shape index (κ3) is 1.89. The van der Waals surface area contributed by atoms with Crippen LogP contribution < -0.4 is 0 Å². The second kappa shape index (κ2) is 3.93. The van der Waals surface area contributed by atoms with Crippen LogP contribution in [0.3, 0.4) is 0 Å². The van der Waals surface area contributed by atoms with E-state index >= 15 is 0 Å². The number of hydrogen-bond acceptors (Lipinski definition) is 2. The third-order valence-electron chi connectivity index (χ3n) is 2.51. The Balaban J connectivity index is 2.43. The number of aryl methyl sites for hydroxylation is 3. The minimum absolute atomic E-state index is 0.0202. The zero-order valence-electron chi connectivity index (χ0n) is 9.69. The van der Waals surface area contributed by atoms with Crippen molar-refractivity contribution in [2.24, 2.45) is 7.05 Å². The van der Waals surface area contributed by atoms with Crippen molar-refractivity contribution in [2.45, 2.75) is 13.8 Å². The lowest BCUT2D eigenvalue weighted by Gasteiger charge is -2.02. The number of hydrogen-bond donors (Lipinski definition) is 0. The summed E-state index contributed by atoms with van der Waals surface area (Å²) in [5, 5.41) is 4.18. The zero-order chi connectivity index (χ0) is 11.7. The number of ketones is 1. The van der Waals surface area contributed by atoms with Gasteiger partial charge >= 0.3 is 0 Å². The summed E-state index contributed by atoms with van der Waals surface area (Å²) in [7, 11) is 1.79. The first-order chi connectivity index (χ1) is 7.58. The Kier molecular flexibility index (Phi) is 2.60. The molecule has 0 amide bonds. The van der Waals surface area contributed by atoms with Gasteiger partial charge in [0.1, 0.15) is 5.69 Å². The summed E-state index contributed by atoms with van der Waals surface area (Å²) in [6.45, 7) is 3.86. The van der Waals surface area contributed by atoms with Crippen molar-refractivity contribution in [3.8, 4) is 0 Å². The van der Waals surface area contributed by atoms with Crippen molar-refractivity contribution in [1.29, 1.82) is 0 Å². The maximum Gasteiger partial charge on any atom is 0.211 e. The van der Waals surface area contributed by atoms with Gasteiger partial charge in [-0.3, -0.25) is 9.48 Å². The molecular weight excluding hydrogens is 200 g/mol. The highest BCUT2D eigenvalue weighted by atomic mass is 16.1. The van der Waals surface area contributed by atoms with Crippen LogP contribution in [0.2, 0.25) is 0 Å². The van der Waals surface area contributed by atoms with Gasteiger partial charge in [-0.05, 0) is 26.0 Å². The molecule has 16 heavy (non-hydrogen) atoms. The fourth-order valence-corrected chi connectivity index (χ4v) is 1.76. The Hall–Kier alpha value is -1.90. The molecule has 0 bridgehead atoms. The van der Waals surface area contributed by atoms with E-state index < -0.39 is 0 Å². The van der Waals surface area contributed by atoms with Gasteiger partial charge in [-0.25, -0.2) is 0 Å². The Morgan fingerprint density at radius 2 is 2.00 bits per heavy atom. The van der Waals surface area contributed by atoms with E-state index in [4.69, 9.17) is 0 Å². The monoisotopic (exact) mass is 214 g/mol. The van der Waals surface area contributed by atoms with Gasteiger partial charge in [0.15, 0.2) is 0 Å². The summed E-state index contributed by atoms with van der Waals surface area (Å²) >= 11 is 0. The topological polar surface area (TPSA) is 34.9 Å². The van der Waals surface area contributed by atoms with Crippen molar-refractivity contribution in [1.82, 2.24) is 9.78 Å². The summed E-state index contributed by atoms with van der Waals surface area (Å²) in [6.07, 6.45) is 0. The highest BCUT2D eigenvalue weighted by Gasteiger charge is 2.13. The lowest BCUT2D eigenvalue weighted by molar-refractivity contribution is 0.103. The summed E-state index contributed by atoms with van der Waals surface area (Å²) in [5.74, 6) is 0.0202. The first-order valence-electron chi connectivity index (χ1n) is 5.20. The second-order valence-electron chi connectivity index (χ2n) is 3.99. The molecule has 2 rings (SSSR count). The molecule has 0 aliphatic carbocycles. The van der Waals surface area contributed by atoms with E-state index in [-0.39, 0.29) is 5.78 Å². The van der Waals surface area contributed by atoms with Gasteiger partial charge < -0.3 is 0 Å². The summed E-state index contributed by atoms with van der Waals surface area (Å²) in [5.41, 5.74) is 3.29. The van der Waals surface area contributed by atoms with Crippen molar-refractivity contribution in [3.05, 3.63) is 52.8 Å². The predicted octanol–water partition coefficient (Wildman–Crippen LogP) is 2.27. The number of carbonyl (C=O) groups is 1. The Morgan fingerprint density at radius 1 is 1.25 bits per heavy atom. The molecule has 0 radical (unpaired) electrons. The normalized spacial score (nSPS) is 10.4. The van der Waals surface area contributed by atoms with Crippen LogP contribution in [0.4, 0.5) is 0 Å².